The minimum Gasteiger partial charge on any atom is -0.434 e. The molecule has 0 spiro atoms. The van der Waals surface area contributed by atoms with Gasteiger partial charge in [-0.2, -0.15) is 8.78 Å². The average molecular weight is 292 g/mol. The first-order valence-electron chi connectivity index (χ1n) is 6.19. The van der Waals surface area contributed by atoms with Gasteiger partial charge in [-0.1, -0.05) is 11.6 Å². The maximum absolute atomic E-state index is 12.3. The summed E-state index contributed by atoms with van der Waals surface area (Å²) < 4.78 is 34.4. The predicted octanol–water partition coefficient (Wildman–Crippen LogP) is 3.21. The first kappa shape index (κ1) is 14.5. The first-order valence-corrected chi connectivity index (χ1v) is 6.57. The largest absolute Gasteiger partial charge is 0.434 e. The standard InChI is InChI=1S/C13H16ClF2NO2/c14-10-1-2-12(19-13(15)16)9(7-10)8-17-11-3-5-18-6-4-11/h1-2,7,11,13,17H,3-6,8H2. The van der Waals surface area contributed by atoms with E-state index in [9.17, 15) is 8.78 Å². The van der Waals surface area contributed by atoms with Crippen LogP contribution in [0.1, 0.15) is 18.4 Å². The van der Waals surface area contributed by atoms with E-state index in [1.807, 2.05) is 0 Å². The van der Waals surface area contributed by atoms with E-state index < -0.39 is 6.61 Å². The molecule has 1 aromatic rings. The Labute approximate surface area is 115 Å². The molecule has 0 unspecified atom stereocenters. The van der Waals surface area contributed by atoms with Gasteiger partial charge in [-0.3, -0.25) is 0 Å². The second-order valence-corrected chi connectivity index (χ2v) is 4.83. The van der Waals surface area contributed by atoms with Crippen LogP contribution in [0, 0.1) is 0 Å². The first-order chi connectivity index (χ1) is 9.15. The van der Waals surface area contributed by atoms with Crippen LogP contribution in [0.25, 0.3) is 0 Å². The molecular formula is C13H16ClF2NO2. The molecule has 106 valence electrons. The Balaban J connectivity index is 1.98. The fraction of sp³-hybridized carbons (Fsp3) is 0.538. The van der Waals surface area contributed by atoms with Gasteiger partial charge in [0, 0.05) is 36.4 Å². The average Bonchev–Trinajstić information content (AvgIpc) is 2.40. The van der Waals surface area contributed by atoms with Crippen LogP contribution in [0.2, 0.25) is 5.02 Å². The molecule has 0 saturated carbocycles. The van der Waals surface area contributed by atoms with Gasteiger partial charge in [-0.15, -0.1) is 0 Å². The fourth-order valence-corrected chi connectivity index (χ4v) is 2.25. The topological polar surface area (TPSA) is 30.5 Å². The Hall–Kier alpha value is -0.910. The highest BCUT2D eigenvalue weighted by Crippen LogP contribution is 2.24. The van der Waals surface area contributed by atoms with Crippen molar-refractivity contribution in [2.45, 2.75) is 32.0 Å². The van der Waals surface area contributed by atoms with Crippen LogP contribution in [0.4, 0.5) is 8.78 Å². The molecule has 19 heavy (non-hydrogen) atoms. The van der Waals surface area contributed by atoms with Crippen molar-refractivity contribution in [1.82, 2.24) is 5.32 Å². The van der Waals surface area contributed by atoms with Gasteiger partial charge in [0.2, 0.25) is 0 Å². The molecule has 1 N–H and O–H groups in total. The molecule has 6 heteroatoms. The molecule has 1 saturated heterocycles. The minimum absolute atomic E-state index is 0.166. The molecule has 1 heterocycles. The minimum atomic E-state index is -2.83. The van der Waals surface area contributed by atoms with Gasteiger partial charge in [-0.25, -0.2) is 0 Å². The summed E-state index contributed by atoms with van der Waals surface area (Å²) in [6.45, 7) is -0.919. The third-order valence-corrected chi connectivity index (χ3v) is 3.28. The van der Waals surface area contributed by atoms with Gasteiger partial charge in [0.1, 0.15) is 5.75 Å². The van der Waals surface area contributed by atoms with E-state index in [1.165, 1.54) is 12.1 Å². The van der Waals surface area contributed by atoms with Gasteiger partial charge < -0.3 is 14.8 Å². The molecule has 0 bridgehead atoms. The zero-order valence-electron chi connectivity index (χ0n) is 10.4. The van der Waals surface area contributed by atoms with Crippen molar-refractivity contribution >= 4 is 11.6 Å². The SMILES string of the molecule is FC(F)Oc1ccc(Cl)cc1CNC1CCOCC1. The van der Waals surface area contributed by atoms with E-state index >= 15 is 0 Å². The van der Waals surface area contributed by atoms with Crippen molar-refractivity contribution in [3.8, 4) is 5.75 Å². The molecule has 1 aliphatic rings. The van der Waals surface area contributed by atoms with Gasteiger partial charge in [0.25, 0.3) is 0 Å². The zero-order chi connectivity index (χ0) is 13.7. The van der Waals surface area contributed by atoms with Crippen molar-refractivity contribution < 1.29 is 18.3 Å². The van der Waals surface area contributed by atoms with Gasteiger partial charge in [0.15, 0.2) is 0 Å². The second-order valence-electron chi connectivity index (χ2n) is 4.40. The zero-order valence-corrected chi connectivity index (χ0v) is 11.1. The fourth-order valence-electron chi connectivity index (χ4n) is 2.05. The second kappa shape index (κ2) is 7.03. The third-order valence-electron chi connectivity index (χ3n) is 3.04. The van der Waals surface area contributed by atoms with E-state index in [1.54, 1.807) is 6.07 Å². The van der Waals surface area contributed by atoms with Crippen LogP contribution in [0.15, 0.2) is 18.2 Å². The number of hydrogen-bond donors (Lipinski definition) is 1. The number of alkyl halides is 2. The summed E-state index contributed by atoms with van der Waals surface area (Å²) >= 11 is 5.88. The van der Waals surface area contributed by atoms with E-state index in [0.717, 1.165) is 26.1 Å². The van der Waals surface area contributed by atoms with Crippen LogP contribution >= 0.6 is 11.6 Å². The Kier molecular flexibility index (Phi) is 5.36. The number of nitrogens with one attached hydrogen (secondary N) is 1. The van der Waals surface area contributed by atoms with Crippen LogP contribution in [0.5, 0.6) is 5.75 Å². The molecule has 3 nitrogen and oxygen atoms in total. The number of halogens is 3. The molecule has 1 aliphatic heterocycles. The Bertz CT molecular complexity index is 412. The predicted molar refractivity (Wildman–Crippen MR) is 68.8 cm³/mol. The highest BCUT2D eigenvalue weighted by molar-refractivity contribution is 6.30. The van der Waals surface area contributed by atoms with Crippen LogP contribution < -0.4 is 10.1 Å². The molecule has 0 atom stereocenters. The Morgan fingerprint density at radius 1 is 1.37 bits per heavy atom. The maximum Gasteiger partial charge on any atom is 0.387 e. The lowest BCUT2D eigenvalue weighted by Crippen LogP contribution is -2.34. The van der Waals surface area contributed by atoms with Gasteiger partial charge >= 0.3 is 6.61 Å². The number of hydrogen-bond acceptors (Lipinski definition) is 3. The quantitative estimate of drug-likeness (QED) is 0.903. The Morgan fingerprint density at radius 2 is 2.11 bits per heavy atom. The molecule has 0 radical (unpaired) electrons. The van der Waals surface area contributed by atoms with Gasteiger partial charge in [0.05, 0.1) is 0 Å². The number of rotatable bonds is 5. The van der Waals surface area contributed by atoms with Crippen molar-refractivity contribution in [3.63, 3.8) is 0 Å². The molecule has 1 aromatic carbocycles. The summed E-state index contributed by atoms with van der Waals surface area (Å²) in [5.41, 5.74) is 0.638. The van der Waals surface area contributed by atoms with Crippen molar-refractivity contribution in [2.75, 3.05) is 13.2 Å². The van der Waals surface area contributed by atoms with E-state index in [4.69, 9.17) is 16.3 Å². The summed E-state index contributed by atoms with van der Waals surface area (Å²) in [5.74, 6) is 0.166. The van der Waals surface area contributed by atoms with Gasteiger partial charge in [-0.05, 0) is 31.0 Å². The van der Waals surface area contributed by atoms with E-state index in [2.05, 4.69) is 10.1 Å². The van der Waals surface area contributed by atoms with Crippen LogP contribution in [-0.4, -0.2) is 25.9 Å². The highest BCUT2D eigenvalue weighted by atomic mass is 35.5. The normalized spacial score (nSPS) is 16.8. The number of benzene rings is 1. The lowest BCUT2D eigenvalue weighted by Gasteiger charge is -2.23. The molecule has 1 fully saturated rings. The van der Waals surface area contributed by atoms with Crippen LogP contribution in [0.3, 0.4) is 0 Å². The lowest BCUT2D eigenvalue weighted by atomic mass is 10.1. The lowest BCUT2D eigenvalue weighted by molar-refractivity contribution is -0.0505. The summed E-state index contributed by atoms with van der Waals surface area (Å²) in [7, 11) is 0. The molecular weight excluding hydrogens is 276 g/mol. The summed E-state index contributed by atoms with van der Waals surface area (Å²) in [6.07, 6.45) is 1.84. The molecule has 0 aromatic heterocycles. The van der Waals surface area contributed by atoms with E-state index in [-0.39, 0.29) is 5.75 Å². The number of ether oxygens (including phenoxy) is 2. The Morgan fingerprint density at radius 3 is 2.79 bits per heavy atom. The molecule has 2 rings (SSSR count). The summed E-state index contributed by atoms with van der Waals surface area (Å²) in [4.78, 5) is 0. The van der Waals surface area contributed by atoms with E-state index in [0.29, 0.717) is 23.2 Å². The third kappa shape index (κ3) is 4.60. The summed E-state index contributed by atoms with van der Waals surface area (Å²) in [6, 6.07) is 4.99. The maximum atomic E-state index is 12.3. The van der Waals surface area contributed by atoms with Crippen LogP contribution in [-0.2, 0) is 11.3 Å². The summed E-state index contributed by atoms with van der Waals surface area (Å²) in [5, 5.41) is 3.82. The van der Waals surface area contributed by atoms with Crippen molar-refractivity contribution in [3.05, 3.63) is 28.8 Å². The highest BCUT2D eigenvalue weighted by Gasteiger charge is 2.15. The van der Waals surface area contributed by atoms with Crippen molar-refractivity contribution in [2.24, 2.45) is 0 Å². The molecule has 0 amide bonds. The van der Waals surface area contributed by atoms with Crippen molar-refractivity contribution in [1.29, 1.82) is 0 Å². The monoisotopic (exact) mass is 291 g/mol. The molecule has 0 aliphatic carbocycles. The smallest absolute Gasteiger partial charge is 0.387 e.